The van der Waals surface area contributed by atoms with Crippen LogP contribution in [0.15, 0.2) is 65.8 Å². The molecule has 0 aliphatic rings. The highest BCUT2D eigenvalue weighted by Crippen LogP contribution is 2.29. The lowest BCUT2D eigenvalue weighted by molar-refractivity contribution is 0.415. The van der Waals surface area contributed by atoms with Crippen LogP contribution in [-0.2, 0) is 9.84 Å². The molecule has 6 heteroatoms. The van der Waals surface area contributed by atoms with Gasteiger partial charge in [0.1, 0.15) is 5.75 Å². The standard InChI is InChI=1S/C18H16N2O3S/c1-23-15-7-3-13(4-8-15)17-18(20-12-11-19-17)14-5-9-16(10-6-14)24(2,21)22/h3-12H,1-2H3. The van der Waals surface area contributed by atoms with Gasteiger partial charge in [0.15, 0.2) is 9.84 Å². The average molecular weight is 340 g/mol. The molecule has 3 rings (SSSR count). The third-order valence-electron chi connectivity index (χ3n) is 3.62. The van der Waals surface area contributed by atoms with Gasteiger partial charge in [-0.25, -0.2) is 8.42 Å². The van der Waals surface area contributed by atoms with E-state index in [1.54, 1.807) is 43.8 Å². The molecule has 0 atom stereocenters. The van der Waals surface area contributed by atoms with Gasteiger partial charge in [-0.3, -0.25) is 9.97 Å². The summed E-state index contributed by atoms with van der Waals surface area (Å²) in [7, 11) is -1.60. The van der Waals surface area contributed by atoms with E-state index in [9.17, 15) is 8.42 Å². The molecule has 0 aliphatic carbocycles. The molecule has 0 unspecified atom stereocenters. The minimum Gasteiger partial charge on any atom is -0.497 e. The summed E-state index contributed by atoms with van der Waals surface area (Å²) in [6.45, 7) is 0. The topological polar surface area (TPSA) is 69.2 Å². The normalized spacial score (nSPS) is 11.2. The van der Waals surface area contributed by atoms with E-state index in [4.69, 9.17) is 4.74 Å². The largest absolute Gasteiger partial charge is 0.497 e. The second-order valence-corrected chi connectivity index (χ2v) is 7.29. The molecule has 122 valence electrons. The van der Waals surface area contributed by atoms with Crippen molar-refractivity contribution >= 4 is 9.84 Å². The molecule has 5 nitrogen and oxygen atoms in total. The van der Waals surface area contributed by atoms with Crippen molar-refractivity contribution in [1.29, 1.82) is 0 Å². The van der Waals surface area contributed by atoms with Crippen LogP contribution >= 0.6 is 0 Å². The van der Waals surface area contributed by atoms with Gasteiger partial charge in [-0.2, -0.15) is 0 Å². The van der Waals surface area contributed by atoms with Gasteiger partial charge in [-0.15, -0.1) is 0 Å². The van der Waals surface area contributed by atoms with E-state index >= 15 is 0 Å². The molecule has 0 N–H and O–H groups in total. The molecule has 0 saturated heterocycles. The van der Waals surface area contributed by atoms with E-state index < -0.39 is 9.84 Å². The highest BCUT2D eigenvalue weighted by atomic mass is 32.2. The lowest BCUT2D eigenvalue weighted by Gasteiger charge is -2.09. The number of ether oxygens (including phenoxy) is 1. The van der Waals surface area contributed by atoms with Crippen LogP contribution in [0, 0.1) is 0 Å². The lowest BCUT2D eigenvalue weighted by atomic mass is 10.0. The number of methoxy groups -OCH3 is 1. The summed E-state index contributed by atoms with van der Waals surface area (Å²) in [6, 6.07) is 14.2. The third-order valence-corrected chi connectivity index (χ3v) is 4.75. The molecule has 1 heterocycles. The van der Waals surface area contributed by atoms with E-state index in [1.807, 2.05) is 24.3 Å². The van der Waals surface area contributed by atoms with Crippen molar-refractivity contribution in [3.05, 3.63) is 60.9 Å². The summed E-state index contributed by atoms with van der Waals surface area (Å²) < 4.78 is 28.4. The smallest absolute Gasteiger partial charge is 0.175 e. The van der Waals surface area contributed by atoms with Crippen molar-refractivity contribution in [3.63, 3.8) is 0 Å². The predicted octanol–water partition coefficient (Wildman–Crippen LogP) is 3.22. The number of hydrogen-bond acceptors (Lipinski definition) is 5. The predicted molar refractivity (Wildman–Crippen MR) is 92.6 cm³/mol. The van der Waals surface area contributed by atoms with Gasteiger partial charge in [0.2, 0.25) is 0 Å². The Hall–Kier alpha value is -2.73. The Morgan fingerprint density at radius 1 is 0.792 bits per heavy atom. The lowest BCUT2D eigenvalue weighted by Crippen LogP contribution is -1.97. The summed E-state index contributed by atoms with van der Waals surface area (Å²) in [4.78, 5) is 9.13. The van der Waals surface area contributed by atoms with Crippen LogP contribution < -0.4 is 4.74 Å². The highest BCUT2D eigenvalue weighted by Gasteiger charge is 2.12. The number of benzene rings is 2. The van der Waals surface area contributed by atoms with Crippen LogP contribution in [0.2, 0.25) is 0 Å². The number of hydrogen-bond donors (Lipinski definition) is 0. The molecule has 3 aromatic rings. The van der Waals surface area contributed by atoms with E-state index in [-0.39, 0.29) is 4.90 Å². The van der Waals surface area contributed by atoms with Gasteiger partial charge in [0.05, 0.1) is 23.4 Å². The van der Waals surface area contributed by atoms with E-state index in [2.05, 4.69) is 9.97 Å². The molecule has 2 aromatic carbocycles. The monoisotopic (exact) mass is 340 g/mol. The first-order chi connectivity index (χ1) is 11.5. The summed E-state index contributed by atoms with van der Waals surface area (Å²) in [5.41, 5.74) is 3.14. The van der Waals surface area contributed by atoms with Crippen molar-refractivity contribution in [1.82, 2.24) is 9.97 Å². The zero-order valence-electron chi connectivity index (χ0n) is 13.3. The number of rotatable bonds is 4. The maximum absolute atomic E-state index is 11.6. The van der Waals surface area contributed by atoms with Gasteiger partial charge >= 0.3 is 0 Å². The fourth-order valence-corrected chi connectivity index (χ4v) is 3.00. The third kappa shape index (κ3) is 3.28. The van der Waals surface area contributed by atoms with E-state index in [0.717, 1.165) is 22.6 Å². The second-order valence-electron chi connectivity index (χ2n) is 5.28. The molecule has 0 aliphatic heterocycles. The van der Waals surface area contributed by atoms with Gasteiger partial charge in [-0.05, 0) is 36.4 Å². The van der Waals surface area contributed by atoms with Gasteiger partial charge in [0, 0.05) is 29.8 Å². The molecule has 0 saturated carbocycles. The fraction of sp³-hybridized carbons (Fsp3) is 0.111. The van der Waals surface area contributed by atoms with Crippen LogP contribution in [0.3, 0.4) is 0 Å². The van der Waals surface area contributed by atoms with Crippen molar-refractivity contribution in [2.24, 2.45) is 0 Å². The molecule has 0 amide bonds. The van der Waals surface area contributed by atoms with Crippen LogP contribution in [-0.4, -0.2) is 31.8 Å². The SMILES string of the molecule is COc1ccc(-c2nccnc2-c2ccc(S(C)(=O)=O)cc2)cc1. The molecule has 0 fully saturated rings. The van der Waals surface area contributed by atoms with E-state index in [1.165, 1.54) is 6.26 Å². The quantitative estimate of drug-likeness (QED) is 0.729. The van der Waals surface area contributed by atoms with Crippen LogP contribution in [0.4, 0.5) is 0 Å². The maximum Gasteiger partial charge on any atom is 0.175 e. The minimum atomic E-state index is -3.22. The van der Waals surface area contributed by atoms with Crippen molar-refractivity contribution < 1.29 is 13.2 Å². The van der Waals surface area contributed by atoms with Crippen LogP contribution in [0.5, 0.6) is 5.75 Å². The molecular weight excluding hydrogens is 324 g/mol. The Bertz CT molecular complexity index is 950. The van der Waals surface area contributed by atoms with Gasteiger partial charge in [-0.1, -0.05) is 12.1 Å². The molecule has 0 radical (unpaired) electrons. The van der Waals surface area contributed by atoms with Gasteiger partial charge < -0.3 is 4.74 Å². The Kier molecular flexibility index (Phi) is 4.31. The zero-order chi connectivity index (χ0) is 17.2. The molecule has 1 aromatic heterocycles. The van der Waals surface area contributed by atoms with E-state index in [0.29, 0.717) is 5.69 Å². The minimum absolute atomic E-state index is 0.279. The molecular formula is C18H16N2O3S. The van der Waals surface area contributed by atoms with Gasteiger partial charge in [0.25, 0.3) is 0 Å². The Morgan fingerprint density at radius 2 is 1.25 bits per heavy atom. The van der Waals surface area contributed by atoms with Crippen molar-refractivity contribution in [3.8, 4) is 28.3 Å². The Balaban J connectivity index is 2.06. The Labute approximate surface area is 140 Å². The highest BCUT2D eigenvalue weighted by molar-refractivity contribution is 7.90. The second kappa shape index (κ2) is 6.41. The van der Waals surface area contributed by atoms with Crippen LogP contribution in [0.25, 0.3) is 22.5 Å². The summed E-state index contributed by atoms with van der Waals surface area (Å²) in [5, 5.41) is 0. The summed E-state index contributed by atoms with van der Waals surface area (Å²) in [5.74, 6) is 0.765. The molecule has 0 bridgehead atoms. The Morgan fingerprint density at radius 3 is 1.67 bits per heavy atom. The average Bonchev–Trinajstić information content (AvgIpc) is 2.61. The molecule has 24 heavy (non-hydrogen) atoms. The summed E-state index contributed by atoms with van der Waals surface area (Å²) in [6.07, 6.45) is 4.44. The maximum atomic E-state index is 11.6. The molecule has 0 spiro atoms. The summed E-state index contributed by atoms with van der Waals surface area (Å²) >= 11 is 0. The van der Waals surface area contributed by atoms with Crippen molar-refractivity contribution in [2.75, 3.05) is 13.4 Å². The van der Waals surface area contributed by atoms with Crippen LogP contribution in [0.1, 0.15) is 0 Å². The first-order valence-electron chi connectivity index (χ1n) is 7.25. The number of sulfone groups is 1. The van der Waals surface area contributed by atoms with Crippen molar-refractivity contribution in [2.45, 2.75) is 4.90 Å². The first-order valence-corrected chi connectivity index (χ1v) is 9.14. The fourth-order valence-electron chi connectivity index (χ4n) is 2.37. The number of aromatic nitrogens is 2. The first kappa shape index (κ1) is 16.1. The number of nitrogens with zero attached hydrogens (tertiary/aromatic N) is 2. The zero-order valence-corrected chi connectivity index (χ0v) is 14.1.